The number of thiophene rings is 1. The summed E-state index contributed by atoms with van der Waals surface area (Å²) in [7, 11) is 0. The van der Waals surface area contributed by atoms with Crippen molar-refractivity contribution >= 4 is 28.5 Å². The summed E-state index contributed by atoms with van der Waals surface area (Å²) in [4.78, 5) is 22.3. The standard InChI is InChI=1S/C14H13N3O3S/c18-13(8-6-11-4-2-1-3-5-11)16-15-10-12-7-9-14(21-12)17(19)20/h1-5,7,9-10H,6,8H2,(H,16,18)/b15-10-. The summed E-state index contributed by atoms with van der Waals surface area (Å²) >= 11 is 1.00. The lowest BCUT2D eigenvalue weighted by Crippen LogP contribution is -2.17. The Labute approximate surface area is 125 Å². The molecule has 1 N–H and O–H groups in total. The molecule has 0 fully saturated rings. The van der Waals surface area contributed by atoms with Gasteiger partial charge < -0.3 is 0 Å². The lowest BCUT2D eigenvalue weighted by Gasteiger charge is -2.00. The lowest BCUT2D eigenvalue weighted by atomic mass is 10.1. The van der Waals surface area contributed by atoms with Crippen molar-refractivity contribution in [2.75, 3.05) is 0 Å². The van der Waals surface area contributed by atoms with Gasteiger partial charge in [0.25, 0.3) is 0 Å². The van der Waals surface area contributed by atoms with Gasteiger partial charge in [-0.15, -0.1) is 0 Å². The number of carbonyl (C=O) groups is 1. The molecule has 108 valence electrons. The molecule has 21 heavy (non-hydrogen) atoms. The summed E-state index contributed by atoms with van der Waals surface area (Å²) in [6, 6.07) is 12.7. The number of hydrogen-bond acceptors (Lipinski definition) is 5. The van der Waals surface area contributed by atoms with E-state index in [1.54, 1.807) is 6.07 Å². The van der Waals surface area contributed by atoms with Crippen LogP contribution in [0.4, 0.5) is 5.00 Å². The molecule has 0 spiro atoms. The van der Waals surface area contributed by atoms with Gasteiger partial charge in [0.15, 0.2) is 0 Å². The Morgan fingerprint density at radius 1 is 1.29 bits per heavy atom. The summed E-state index contributed by atoms with van der Waals surface area (Å²) in [5, 5.41) is 14.4. The first kappa shape index (κ1) is 14.9. The van der Waals surface area contributed by atoms with Crippen molar-refractivity contribution in [3.05, 3.63) is 63.0 Å². The van der Waals surface area contributed by atoms with Gasteiger partial charge in [-0.1, -0.05) is 41.7 Å². The second kappa shape index (κ2) is 7.30. The van der Waals surface area contributed by atoms with Gasteiger partial charge in [-0.3, -0.25) is 14.9 Å². The second-order valence-electron chi connectivity index (χ2n) is 4.21. The van der Waals surface area contributed by atoms with Crippen LogP contribution in [0, 0.1) is 10.1 Å². The van der Waals surface area contributed by atoms with E-state index < -0.39 is 4.92 Å². The SMILES string of the molecule is O=C(CCc1ccccc1)N/N=C\c1ccc([N+](=O)[O-])s1. The van der Waals surface area contributed by atoms with Gasteiger partial charge in [-0.05, 0) is 18.1 Å². The topological polar surface area (TPSA) is 84.6 Å². The van der Waals surface area contributed by atoms with E-state index in [1.807, 2.05) is 30.3 Å². The normalized spacial score (nSPS) is 10.7. The monoisotopic (exact) mass is 303 g/mol. The maximum absolute atomic E-state index is 11.6. The molecule has 0 aliphatic rings. The van der Waals surface area contributed by atoms with Crippen LogP contribution in [-0.4, -0.2) is 17.0 Å². The molecule has 7 heteroatoms. The first-order chi connectivity index (χ1) is 10.1. The molecule has 1 aromatic heterocycles. The highest BCUT2D eigenvalue weighted by Gasteiger charge is 2.08. The quantitative estimate of drug-likeness (QED) is 0.506. The maximum atomic E-state index is 11.6. The van der Waals surface area contributed by atoms with Crippen LogP contribution in [0.15, 0.2) is 47.6 Å². The predicted molar refractivity (Wildman–Crippen MR) is 81.5 cm³/mol. The molecule has 2 rings (SSSR count). The zero-order valence-corrected chi connectivity index (χ0v) is 11.9. The van der Waals surface area contributed by atoms with Crippen LogP contribution in [0.1, 0.15) is 16.9 Å². The Morgan fingerprint density at radius 3 is 2.71 bits per heavy atom. The lowest BCUT2D eigenvalue weighted by molar-refractivity contribution is -0.380. The Kier molecular flexibility index (Phi) is 5.16. The third-order valence-electron chi connectivity index (χ3n) is 2.66. The molecule has 0 saturated heterocycles. The van der Waals surface area contributed by atoms with Gasteiger partial charge in [0.05, 0.1) is 16.0 Å². The molecule has 0 aliphatic carbocycles. The molecular formula is C14H13N3O3S. The minimum absolute atomic E-state index is 0.0480. The van der Waals surface area contributed by atoms with Crippen molar-refractivity contribution in [3.8, 4) is 0 Å². The Balaban J connectivity index is 1.77. The van der Waals surface area contributed by atoms with Crippen LogP contribution < -0.4 is 5.43 Å². The highest BCUT2D eigenvalue weighted by Crippen LogP contribution is 2.22. The van der Waals surface area contributed by atoms with Crippen molar-refractivity contribution in [3.63, 3.8) is 0 Å². The van der Waals surface area contributed by atoms with E-state index in [4.69, 9.17) is 0 Å². The van der Waals surface area contributed by atoms with Crippen molar-refractivity contribution in [1.29, 1.82) is 0 Å². The Bertz CT molecular complexity index is 652. The van der Waals surface area contributed by atoms with E-state index in [-0.39, 0.29) is 10.9 Å². The number of hydrazone groups is 1. The summed E-state index contributed by atoms with van der Waals surface area (Å²) < 4.78 is 0. The van der Waals surface area contributed by atoms with E-state index in [1.165, 1.54) is 12.3 Å². The number of nitrogens with one attached hydrogen (secondary N) is 1. The molecule has 0 saturated carbocycles. The number of amides is 1. The zero-order chi connectivity index (χ0) is 15.1. The number of nitro groups is 1. The average Bonchev–Trinajstić information content (AvgIpc) is 2.95. The average molecular weight is 303 g/mol. The Morgan fingerprint density at radius 2 is 2.05 bits per heavy atom. The second-order valence-corrected chi connectivity index (χ2v) is 5.31. The van der Waals surface area contributed by atoms with Crippen molar-refractivity contribution in [2.24, 2.45) is 5.10 Å². The van der Waals surface area contributed by atoms with Crippen LogP contribution >= 0.6 is 11.3 Å². The molecule has 2 aromatic rings. The number of rotatable bonds is 6. The zero-order valence-electron chi connectivity index (χ0n) is 11.1. The van der Waals surface area contributed by atoms with Crippen molar-refractivity contribution < 1.29 is 9.72 Å². The third-order valence-corrected chi connectivity index (χ3v) is 3.63. The summed E-state index contributed by atoms with van der Waals surface area (Å²) in [5.74, 6) is -0.193. The van der Waals surface area contributed by atoms with Gasteiger partial charge in [-0.25, -0.2) is 5.43 Å². The fraction of sp³-hybridized carbons (Fsp3) is 0.143. The van der Waals surface area contributed by atoms with Crippen LogP contribution in [0.2, 0.25) is 0 Å². The largest absolute Gasteiger partial charge is 0.324 e. The smallest absolute Gasteiger partial charge is 0.273 e. The number of nitrogens with zero attached hydrogens (tertiary/aromatic N) is 2. The van der Waals surface area contributed by atoms with E-state index >= 15 is 0 Å². The van der Waals surface area contributed by atoms with Crippen molar-refractivity contribution in [2.45, 2.75) is 12.8 Å². The molecular weight excluding hydrogens is 290 g/mol. The minimum atomic E-state index is -0.458. The van der Waals surface area contributed by atoms with E-state index in [9.17, 15) is 14.9 Å². The fourth-order valence-electron chi connectivity index (χ4n) is 1.64. The molecule has 0 bridgehead atoms. The first-order valence-electron chi connectivity index (χ1n) is 6.25. The number of hydrogen-bond donors (Lipinski definition) is 1. The van der Waals surface area contributed by atoms with Crippen LogP contribution in [0.5, 0.6) is 0 Å². The minimum Gasteiger partial charge on any atom is -0.273 e. The number of carbonyl (C=O) groups excluding carboxylic acids is 1. The van der Waals surface area contributed by atoms with E-state index in [2.05, 4.69) is 10.5 Å². The van der Waals surface area contributed by atoms with Gasteiger partial charge >= 0.3 is 5.00 Å². The summed E-state index contributed by atoms with van der Waals surface area (Å²) in [6.07, 6.45) is 2.39. The highest BCUT2D eigenvalue weighted by molar-refractivity contribution is 7.16. The molecule has 1 aromatic carbocycles. The van der Waals surface area contributed by atoms with Gasteiger partial charge in [0, 0.05) is 12.5 Å². The highest BCUT2D eigenvalue weighted by atomic mass is 32.1. The van der Waals surface area contributed by atoms with Gasteiger partial charge in [0.2, 0.25) is 5.91 Å². The van der Waals surface area contributed by atoms with E-state index in [0.29, 0.717) is 17.7 Å². The summed E-state index contributed by atoms with van der Waals surface area (Å²) in [6.45, 7) is 0. The summed E-state index contributed by atoms with van der Waals surface area (Å²) in [5.41, 5.74) is 3.50. The van der Waals surface area contributed by atoms with Crippen LogP contribution in [0.3, 0.4) is 0 Å². The van der Waals surface area contributed by atoms with Gasteiger partial charge in [0.1, 0.15) is 0 Å². The van der Waals surface area contributed by atoms with Crippen molar-refractivity contribution in [1.82, 2.24) is 5.43 Å². The molecule has 0 aliphatic heterocycles. The molecule has 0 unspecified atom stereocenters. The predicted octanol–water partition coefficient (Wildman–Crippen LogP) is 2.74. The number of aryl methyl sites for hydroxylation is 1. The third kappa shape index (κ3) is 4.81. The first-order valence-corrected chi connectivity index (χ1v) is 7.07. The number of benzene rings is 1. The van der Waals surface area contributed by atoms with Gasteiger partial charge in [-0.2, -0.15) is 5.10 Å². The van der Waals surface area contributed by atoms with Crippen LogP contribution in [-0.2, 0) is 11.2 Å². The molecule has 0 radical (unpaired) electrons. The fourth-order valence-corrected chi connectivity index (χ4v) is 2.33. The van der Waals surface area contributed by atoms with Crippen LogP contribution in [0.25, 0.3) is 0 Å². The molecule has 6 nitrogen and oxygen atoms in total. The molecule has 0 atom stereocenters. The molecule has 1 amide bonds. The maximum Gasteiger partial charge on any atom is 0.324 e. The van der Waals surface area contributed by atoms with E-state index in [0.717, 1.165) is 16.9 Å². The Hall–Kier alpha value is -2.54. The molecule has 1 heterocycles.